The van der Waals surface area contributed by atoms with Gasteiger partial charge in [-0.15, -0.1) is 0 Å². The van der Waals surface area contributed by atoms with Gasteiger partial charge in [-0.05, 0) is 43.2 Å². The summed E-state index contributed by atoms with van der Waals surface area (Å²) in [7, 11) is -3.88. The van der Waals surface area contributed by atoms with Gasteiger partial charge in [-0.1, -0.05) is 43.7 Å². The van der Waals surface area contributed by atoms with Crippen molar-refractivity contribution in [2.24, 2.45) is 0 Å². The molecule has 0 fully saturated rings. The molecule has 8 heteroatoms. The lowest BCUT2D eigenvalue weighted by Crippen LogP contribution is -2.43. The zero-order chi connectivity index (χ0) is 21.8. The topological polar surface area (TPSA) is 81.7 Å². The number of carbonyl (C=O) groups excluding carboxylic acids is 1. The molecule has 0 amide bonds. The highest BCUT2D eigenvalue weighted by Crippen LogP contribution is 2.18. The van der Waals surface area contributed by atoms with Gasteiger partial charge in [0.15, 0.2) is 0 Å². The van der Waals surface area contributed by atoms with Gasteiger partial charge < -0.3 is 9.47 Å². The van der Waals surface area contributed by atoms with E-state index in [2.05, 4.69) is 11.6 Å². The number of esters is 1. The third-order valence-corrected chi connectivity index (χ3v) is 6.76. The van der Waals surface area contributed by atoms with Gasteiger partial charge in [0.1, 0.15) is 11.8 Å². The van der Waals surface area contributed by atoms with Crippen LogP contribution in [0.5, 0.6) is 5.75 Å². The first-order valence-corrected chi connectivity index (χ1v) is 12.6. The monoisotopic (exact) mass is 451 g/mol. The number of sulfonamides is 1. The summed E-state index contributed by atoms with van der Waals surface area (Å²) >= 11 is 1.47. The molecule has 0 aliphatic heterocycles. The smallest absolute Gasteiger partial charge is 0.325 e. The number of carbonyl (C=O) groups is 1. The molecule has 30 heavy (non-hydrogen) atoms. The fourth-order valence-corrected chi connectivity index (χ4v) is 4.86. The van der Waals surface area contributed by atoms with Crippen molar-refractivity contribution in [3.8, 4) is 5.75 Å². The highest BCUT2D eigenvalue weighted by Gasteiger charge is 2.27. The number of nitrogens with one attached hydrogen (secondary N) is 1. The molecule has 0 heterocycles. The third-order valence-electron chi connectivity index (χ3n) is 4.17. The summed E-state index contributed by atoms with van der Waals surface area (Å²) in [5.74, 6) is 0.969. The molecule has 0 spiro atoms. The Balaban J connectivity index is 2.02. The summed E-state index contributed by atoms with van der Waals surface area (Å²) in [6, 6.07) is 15.0. The van der Waals surface area contributed by atoms with Crippen LogP contribution >= 0.6 is 11.8 Å². The van der Waals surface area contributed by atoms with E-state index in [4.69, 9.17) is 9.47 Å². The number of benzene rings is 2. The highest BCUT2D eigenvalue weighted by molar-refractivity contribution is 7.98. The molecule has 1 unspecified atom stereocenters. The molecular formula is C22H29NO5S2. The van der Waals surface area contributed by atoms with Gasteiger partial charge in [0.25, 0.3) is 0 Å². The Labute approximate surface area is 183 Å². The lowest BCUT2D eigenvalue weighted by molar-refractivity contribution is -0.144. The molecule has 2 aromatic carbocycles. The summed E-state index contributed by atoms with van der Waals surface area (Å²) in [4.78, 5) is 12.4. The zero-order valence-corrected chi connectivity index (χ0v) is 19.0. The van der Waals surface area contributed by atoms with E-state index in [0.29, 0.717) is 18.1 Å². The van der Waals surface area contributed by atoms with E-state index in [9.17, 15) is 13.2 Å². The van der Waals surface area contributed by atoms with Crippen LogP contribution in [0.25, 0.3) is 0 Å². The molecule has 0 aliphatic rings. The number of unbranched alkanes of at least 4 members (excludes halogenated alkanes) is 1. The number of thioether (sulfide) groups is 1. The van der Waals surface area contributed by atoms with Crippen LogP contribution in [0.2, 0.25) is 0 Å². The van der Waals surface area contributed by atoms with E-state index in [1.165, 1.54) is 23.9 Å². The molecule has 0 saturated carbocycles. The first-order valence-electron chi connectivity index (χ1n) is 9.99. The molecule has 0 aromatic heterocycles. The molecule has 2 rings (SSSR count). The summed E-state index contributed by atoms with van der Waals surface area (Å²) in [6.07, 6.45) is 1.96. The van der Waals surface area contributed by atoms with Gasteiger partial charge in [-0.2, -0.15) is 16.5 Å². The number of hydrogen-bond acceptors (Lipinski definition) is 6. The zero-order valence-electron chi connectivity index (χ0n) is 17.4. The van der Waals surface area contributed by atoms with E-state index >= 15 is 0 Å². The second kappa shape index (κ2) is 12.6. The fraction of sp³-hybridized carbons (Fsp3) is 0.409. The molecule has 0 saturated heterocycles. The van der Waals surface area contributed by atoms with E-state index in [-0.39, 0.29) is 17.3 Å². The van der Waals surface area contributed by atoms with Crippen LogP contribution in [0.3, 0.4) is 0 Å². The van der Waals surface area contributed by atoms with Crippen molar-refractivity contribution < 1.29 is 22.7 Å². The maximum absolute atomic E-state index is 12.8. The molecule has 0 radical (unpaired) electrons. The molecule has 164 valence electrons. The first kappa shape index (κ1) is 24.2. The van der Waals surface area contributed by atoms with Crippen molar-refractivity contribution in [3.63, 3.8) is 0 Å². The Morgan fingerprint density at radius 3 is 2.40 bits per heavy atom. The minimum absolute atomic E-state index is 0.0766. The molecular weight excluding hydrogens is 422 g/mol. The Kier molecular flexibility index (Phi) is 10.2. The van der Waals surface area contributed by atoms with Crippen molar-refractivity contribution in [1.29, 1.82) is 0 Å². The number of hydrogen-bond donors (Lipinski definition) is 1. The van der Waals surface area contributed by atoms with Crippen LogP contribution in [0.15, 0.2) is 59.5 Å². The molecule has 0 bridgehead atoms. The Hall–Kier alpha value is -2.03. The summed E-state index contributed by atoms with van der Waals surface area (Å²) in [5.41, 5.74) is 1.10. The SMILES string of the molecule is CCCCOc1ccc(S(=O)(=O)NC(CSCc2ccccc2)C(=O)OCC)cc1. The Morgan fingerprint density at radius 1 is 1.07 bits per heavy atom. The van der Waals surface area contributed by atoms with Crippen molar-refractivity contribution in [1.82, 2.24) is 4.72 Å². The average Bonchev–Trinajstić information content (AvgIpc) is 2.74. The van der Waals surface area contributed by atoms with Crippen molar-refractivity contribution in [2.75, 3.05) is 19.0 Å². The van der Waals surface area contributed by atoms with Crippen LogP contribution in [-0.2, 0) is 25.3 Å². The standard InChI is InChI=1S/C22H29NO5S2/c1-3-5-15-28-19-11-13-20(14-12-19)30(25,26)23-21(22(24)27-4-2)17-29-16-18-9-7-6-8-10-18/h6-14,21,23H,3-5,15-17H2,1-2H3. The van der Waals surface area contributed by atoms with E-state index in [1.807, 2.05) is 30.3 Å². The normalized spacial score (nSPS) is 12.3. The number of rotatable bonds is 13. The Morgan fingerprint density at radius 2 is 1.77 bits per heavy atom. The molecule has 1 atom stereocenters. The summed E-state index contributed by atoms with van der Waals surface area (Å²) in [5, 5.41) is 0. The summed E-state index contributed by atoms with van der Waals surface area (Å²) in [6.45, 7) is 4.54. The van der Waals surface area contributed by atoms with Crippen LogP contribution < -0.4 is 9.46 Å². The average molecular weight is 452 g/mol. The van der Waals surface area contributed by atoms with Gasteiger partial charge in [-0.25, -0.2) is 8.42 Å². The van der Waals surface area contributed by atoms with Crippen molar-refractivity contribution in [2.45, 2.75) is 43.4 Å². The van der Waals surface area contributed by atoms with Crippen molar-refractivity contribution >= 4 is 27.8 Å². The van der Waals surface area contributed by atoms with Gasteiger partial charge in [0.2, 0.25) is 10.0 Å². The maximum atomic E-state index is 12.8. The first-order chi connectivity index (χ1) is 14.5. The largest absolute Gasteiger partial charge is 0.494 e. The molecule has 2 aromatic rings. The number of ether oxygens (including phenoxy) is 2. The van der Waals surface area contributed by atoms with Gasteiger partial charge in [0.05, 0.1) is 18.1 Å². The Bertz CT molecular complexity index is 870. The molecule has 1 N–H and O–H groups in total. The van der Waals surface area contributed by atoms with E-state index in [1.54, 1.807) is 19.1 Å². The minimum atomic E-state index is -3.88. The van der Waals surface area contributed by atoms with Crippen LogP contribution in [0.4, 0.5) is 0 Å². The van der Waals surface area contributed by atoms with Crippen LogP contribution in [-0.4, -0.2) is 39.4 Å². The fourth-order valence-electron chi connectivity index (χ4n) is 2.57. The third kappa shape index (κ3) is 8.01. The lowest BCUT2D eigenvalue weighted by Gasteiger charge is -2.17. The van der Waals surface area contributed by atoms with Gasteiger partial charge in [-0.3, -0.25) is 4.79 Å². The van der Waals surface area contributed by atoms with Crippen LogP contribution in [0.1, 0.15) is 32.3 Å². The molecule has 0 aliphatic carbocycles. The minimum Gasteiger partial charge on any atom is -0.494 e. The quantitative estimate of drug-likeness (QED) is 0.366. The van der Waals surface area contributed by atoms with Crippen molar-refractivity contribution in [3.05, 3.63) is 60.2 Å². The second-order valence-corrected chi connectivity index (χ2v) is 9.34. The van der Waals surface area contributed by atoms with E-state index < -0.39 is 22.0 Å². The van der Waals surface area contributed by atoms with Gasteiger partial charge in [0, 0.05) is 11.5 Å². The second-order valence-electron chi connectivity index (χ2n) is 6.60. The predicted molar refractivity (Wildman–Crippen MR) is 120 cm³/mol. The highest BCUT2D eigenvalue weighted by atomic mass is 32.2. The van der Waals surface area contributed by atoms with E-state index in [0.717, 1.165) is 18.4 Å². The predicted octanol–water partition coefficient (Wildman–Crippen LogP) is 4.01. The maximum Gasteiger partial charge on any atom is 0.325 e. The summed E-state index contributed by atoms with van der Waals surface area (Å²) < 4.78 is 38.7. The molecule has 6 nitrogen and oxygen atoms in total. The van der Waals surface area contributed by atoms with Gasteiger partial charge >= 0.3 is 5.97 Å². The lowest BCUT2D eigenvalue weighted by atomic mass is 10.2. The van der Waals surface area contributed by atoms with Crippen LogP contribution in [0, 0.1) is 0 Å².